The van der Waals surface area contributed by atoms with Gasteiger partial charge in [-0.3, -0.25) is 9.59 Å². The highest BCUT2D eigenvalue weighted by atomic mass is 19.1. The zero-order valence-electron chi connectivity index (χ0n) is 18.4. The van der Waals surface area contributed by atoms with Crippen LogP contribution in [0.4, 0.5) is 10.1 Å². The summed E-state index contributed by atoms with van der Waals surface area (Å²) in [7, 11) is 0. The van der Waals surface area contributed by atoms with Gasteiger partial charge in [-0.15, -0.1) is 0 Å². The molecular weight excluding hydrogens is 405 g/mol. The van der Waals surface area contributed by atoms with Crippen LogP contribution in [-0.4, -0.2) is 22.4 Å². The van der Waals surface area contributed by atoms with E-state index < -0.39 is 17.8 Å². The lowest BCUT2D eigenvalue weighted by Crippen LogP contribution is -2.47. The molecule has 3 aromatic carbocycles. The van der Waals surface area contributed by atoms with Crippen LogP contribution in [-0.2, 0) is 11.3 Å². The summed E-state index contributed by atoms with van der Waals surface area (Å²) >= 11 is 0. The smallest absolute Gasteiger partial charge is 0.251 e. The number of hydrogen-bond acceptors (Lipinski definition) is 2. The third-order valence-electron chi connectivity index (χ3n) is 5.70. The van der Waals surface area contributed by atoms with Gasteiger partial charge < -0.3 is 15.2 Å². The first-order chi connectivity index (χ1) is 15.4. The standard InChI is InChI=1S/C26H26FN3O2/c1-4-30-22-8-6-5-7-20(22)21-15-19(13-14-23(21)30)28-26(32)24(16(2)3)29-25(31)17-9-11-18(27)12-10-17/h5-16,24H,4H2,1-3H3,(H,28,32)(H,29,31)/t24-/m0/s1. The number of carbonyl (C=O) groups is 2. The van der Waals surface area contributed by atoms with Crippen molar-refractivity contribution in [3.8, 4) is 0 Å². The van der Waals surface area contributed by atoms with Crippen molar-refractivity contribution in [1.82, 2.24) is 9.88 Å². The van der Waals surface area contributed by atoms with Gasteiger partial charge in [0.05, 0.1) is 0 Å². The van der Waals surface area contributed by atoms with E-state index in [2.05, 4.69) is 34.3 Å². The van der Waals surface area contributed by atoms with Crippen molar-refractivity contribution in [1.29, 1.82) is 0 Å². The SMILES string of the molecule is CCn1c2ccccc2c2cc(NC(=O)[C@@H](NC(=O)c3ccc(F)cc3)C(C)C)ccc21. The molecule has 0 aliphatic heterocycles. The van der Waals surface area contributed by atoms with Gasteiger partial charge in [0.15, 0.2) is 0 Å². The predicted molar refractivity (Wildman–Crippen MR) is 126 cm³/mol. The van der Waals surface area contributed by atoms with E-state index in [1.807, 2.05) is 44.2 Å². The molecule has 0 fully saturated rings. The summed E-state index contributed by atoms with van der Waals surface area (Å²) in [5.74, 6) is -1.26. The van der Waals surface area contributed by atoms with Crippen LogP contribution in [0, 0.1) is 11.7 Å². The van der Waals surface area contributed by atoms with Gasteiger partial charge in [-0.2, -0.15) is 0 Å². The Balaban J connectivity index is 1.59. The molecule has 0 aliphatic rings. The van der Waals surface area contributed by atoms with Crippen LogP contribution in [0.2, 0.25) is 0 Å². The molecule has 0 radical (unpaired) electrons. The number of nitrogens with zero attached hydrogens (tertiary/aromatic N) is 1. The molecule has 164 valence electrons. The van der Waals surface area contributed by atoms with Gasteiger partial charge >= 0.3 is 0 Å². The molecule has 0 aliphatic carbocycles. The molecule has 5 nitrogen and oxygen atoms in total. The van der Waals surface area contributed by atoms with Crippen molar-refractivity contribution < 1.29 is 14.0 Å². The number of carbonyl (C=O) groups excluding carboxylic acids is 2. The number of anilines is 1. The summed E-state index contributed by atoms with van der Waals surface area (Å²) < 4.78 is 15.4. The quantitative estimate of drug-likeness (QED) is 0.432. The van der Waals surface area contributed by atoms with Crippen LogP contribution >= 0.6 is 0 Å². The average Bonchev–Trinajstić information content (AvgIpc) is 3.10. The Morgan fingerprint density at radius 3 is 2.31 bits per heavy atom. The normalized spacial score (nSPS) is 12.3. The van der Waals surface area contributed by atoms with Crippen LogP contribution in [0.3, 0.4) is 0 Å². The molecule has 2 N–H and O–H groups in total. The van der Waals surface area contributed by atoms with E-state index in [1.54, 1.807) is 0 Å². The third-order valence-corrected chi connectivity index (χ3v) is 5.70. The highest BCUT2D eigenvalue weighted by Gasteiger charge is 2.25. The minimum absolute atomic E-state index is 0.134. The Kier molecular flexibility index (Phi) is 5.95. The lowest BCUT2D eigenvalue weighted by molar-refractivity contribution is -0.118. The Hall–Kier alpha value is -3.67. The van der Waals surface area contributed by atoms with Crippen molar-refractivity contribution in [3.63, 3.8) is 0 Å². The van der Waals surface area contributed by atoms with Gasteiger partial charge in [0.2, 0.25) is 5.91 Å². The largest absolute Gasteiger partial charge is 0.341 e. The molecule has 4 aromatic rings. The average molecular weight is 432 g/mol. The summed E-state index contributed by atoms with van der Waals surface area (Å²) in [6.45, 7) is 6.69. The maximum absolute atomic E-state index is 13.1. The van der Waals surface area contributed by atoms with Crippen LogP contribution in [0.15, 0.2) is 66.7 Å². The summed E-state index contributed by atoms with van der Waals surface area (Å²) in [4.78, 5) is 25.6. The molecule has 0 saturated carbocycles. The first-order valence-electron chi connectivity index (χ1n) is 10.8. The van der Waals surface area contributed by atoms with Crippen molar-refractivity contribution in [3.05, 3.63) is 78.1 Å². The van der Waals surface area contributed by atoms with Crippen LogP contribution in [0.5, 0.6) is 0 Å². The fraction of sp³-hybridized carbons (Fsp3) is 0.231. The molecule has 0 saturated heterocycles. The monoisotopic (exact) mass is 431 g/mol. The lowest BCUT2D eigenvalue weighted by Gasteiger charge is -2.22. The minimum atomic E-state index is -0.736. The Morgan fingerprint density at radius 1 is 0.938 bits per heavy atom. The summed E-state index contributed by atoms with van der Waals surface area (Å²) in [6.07, 6.45) is 0. The van der Waals surface area contributed by atoms with Crippen LogP contribution in [0.25, 0.3) is 21.8 Å². The van der Waals surface area contributed by atoms with Gasteiger partial charge in [0.25, 0.3) is 5.91 Å². The molecule has 0 unspecified atom stereocenters. The van der Waals surface area contributed by atoms with Crippen molar-refractivity contribution in [2.24, 2.45) is 5.92 Å². The maximum Gasteiger partial charge on any atom is 0.251 e. The van der Waals surface area contributed by atoms with Gasteiger partial charge in [0.1, 0.15) is 11.9 Å². The molecule has 4 rings (SSSR count). The number of para-hydroxylation sites is 1. The minimum Gasteiger partial charge on any atom is -0.341 e. The Morgan fingerprint density at radius 2 is 1.62 bits per heavy atom. The predicted octanol–water partition coefficient (Wildman–Crippen LogP) is 5.35. The number of amides is 2. The van der Waals surface area contributed by atoms with Gasteiger partial charge in [-0.1, -0.05) is 32.0 Å². The second kappa shape index (κ2) is 8.83. The molecule has 1 atom stereocenters. The molecule has 0 bridgehead atoms. The number of hydrogen-bond donors (Lipinski definition) is 2. The molecular formula is C26H26FN3O2. The van der Waals surface area contributed by atoms with E-state index >= 15 is 0 Å². The van der Waals surface area contributed by atoms with E-state index in [4.69, 9.17) is 0 Å². The number of benzene rings is 3. The van der Waals surface area contributed by atoms with E-state index in [1.165, 1.54) is 24.3 Å². The molecule has 2 amide bonds. The van der Waals surface area contributed by atoms with E-state index in [-0.39, 0.29) is 11.8 Å². The van der Waals surface area contributed by atoms with Crippen molar-refractivity contribution in [2.75, 3.05) is 5.32 Å². The Bertz CT molecular complexity index is 1290. The fourth-order valence-electron chi connectivity index (χ4n) is 4.05. The zero-order valence-corrected chi connectivity index (χ0v) is 18.4. The number of aromatic nitrogens is 1. The summed E-state index contributed by atoms with van der Waals surface area (Å²) in [5, 5.41) is 7.92. The van der Waals surface area contributed by atoms with Crippen molar-refractivity contribution >= 4 is 39.3 Å². The lowest BCUT2D eigenvalue weighted by atomic mass is 10.0. The molecule has 6 heteroatoms. The van der Waals surface area contributed by atoms with E-state index in [0.717, 1.165) is 28.4 Å². The van der Waals surface area contributed by atoms with E-state index in [9.17, 15) is 14.0 Å². The molecule has 32 heavy (non-hydrogen) atoms. The topological polar surface area (TPSA) is 63.1 Å². The number of fused-ring (bicyclic) bond motifs is 3. The first kappa shape index (κ1) is 21.6. The number of halogens is 1. The summed E-state index contributed by atoms with van der Waals surface area (Å²) in [5.41, 5.74) is 3.23. The first-order valence-corrected chi connectivity index (χ1v) is 10.8. The second-order valence-corrected chi connectivity index (χ2v) is 8.18. The highest BCUT2D eigenvalue weighted by molar-refractivity contribution is 6.10. The van der Waals surface area contributed by atoms with Crippen molar-refractivity contribution in [2.45, 2.75) is 33.4 Å². The highest BCUT2D eigenvalue weighted by Crippen LogP contribution is 2.31. The Labute approximate surface area is 186 Å². The van der Waals surface area contributed by atoms with Gasteiger partial charge in [0, 0.05) is 39.6 Å². The van der Waals surface area contributed by atoms with Gasteiger partial charge in [-0.25, -0.2) is 4.39 Å². The third kappa shape index (κ3) is 4.08. The zero-order chi connectivity index (χ0) is 22.8. The second-order valence-electron chi connectivity index (χ2n) is 8.18. The summed E-state index contributed by atoms with van der Waals surface area (Å²) in [6, 6.07) is 18.6. The fourth-order valence-corrected chi connectivity index (χ4v) is 4.05. The number of nitrogens with one attached hydrogen (secondary N) is 2. The maximum atomic E-state index is 13.1. The van der Waals surface area contributed by atoms with Crippen LogP contribution in [0.1, 0.15) is 31.1 Å². The number of aryl methyl sites for hydroxylation is 1. The molecule has 0 spiro atoms. The van der Waals surface area contributed by atoms with E-state index in [0.29, 0.717) is 11.3 Å². The molecule has 1 heterocycles. The number of rotatable bonds is 6. The van der Waals surface area contributed by atoms with Gasteiger partial charge in [-0.05, 0) is 61.4 Å². The molecule has 1 aromatic heterocycles. The van der Waals surface area contributed by atoms with Crippen LogP contribution < -0.4 is 10.6 Å².